The monoisotopic (exact) mass is 332 g/mol. The van der Waals surface area contributed by atoms with E-state index in [-0.39, 0.29) is 16.8 Å². The first-order valence-corrected chi connectivity index (χ1v) is 9.69. The highest BCUT2D eigenvalue weighted by Crippen LogP contribution is 2.37. The highest BCUT2D eigenvalue weighted by molar-refractivity contribution is 8.13. The maximum atomic E-state index is 12.2. The summed E-state index contributed by atoms with van der Waals surface area (Å²) < 4.78 is 24.6. The van der Waals surface area contributed by atoms with Gasteiger partial charge in [0, 0.05) is 29.5 Å². The van der Waals surface area contributed by atoms with Gasteiger partial charge in [-0.15, -0.1) is 0 Å². The number of amides is 1. The predicted octanol–water partition coefficient (Wildman–Crippen LogP) is 3.06. The Balaban J connectivity index is 2.04. The summed E-state index contributed by atoms with van der Waals surface area (Å²) in [6.45, 7) is 2.74. The minimum atomic E-state index is -3.80. The molecule has 1 N–H and O–H groups in total. The summed E-state index contributed by atoms with van der Waals surface area (Å²) in [5.41, 5.74) is 0.382. The molecule has 1 heterocycles. The third kappa shape index (κ3) is 4.48. The Hall–Kier alpha value is -1.01. The van der Waals surface area contributed by atoms with Gasteiger partial charge in [-0.05, 0) is 25.3 Å². The quantitative estimate of drug-likeness (QED) is 0.587. The molecule has 5 nitrogen and oxygen atoms in total. The Morgan fingerprint density at radius 2 is 2.10 bits per heavy atom. The second kappa shape index (κ2) is 6.83. The molecule has 2 rings (SSSR count). The van der Waals surface area contributed by atoms with Gasteiger partial charge in [0.25, 0.3) is 15.0 Å². The van der Waals surface area contributed by atoms with Gasteiger partial charge < -0.3 is 9.88 Å². The zero-order valence-electron chi connectivity index (χ0n) is 12.1. The van der Waals surface area contributed by atoms with E-state index in [0.29, 0.717) is 12.2 Å². The molecular weight excluding hydrogens is 312 g/mol. The molecule has 7 heteroatoms. The van der Waals surface area contributed by atoms with Gasteiger partial charge in [0.2, 0.25) is 0 Å². The van der Waals surface area contributed by atoms with Crippen molar-refractivity contribution in [3.8, 4) is 0 Å². The number of carbonyl (C=O) groups excluding carboxylic acids is 1. The maximum Gasteiger partial charge on any atom is 0.267 e. The molecule has 118 valence electrons. The SMILES string of the molecule is CCCCCCNC(=O)c1cc(S(=O)(=O)Cl)cn1C1CC1. The molecular formula is C14H21ClN2O3S. The lowest BCUT2D eigenvalue weighted by atomic mass is 10.2. The van der Waals surface area contributed by atoms with Crippen LogP contribution in [0.3, 0.4) is 0 Å². The normalized spacial score (nSPS) is 15.1. The smallest absolute Gasteiger partial charge is 0.267 e. The highest BCUT2D eigenvalue weighted by Gasteiger charge is 2.29. The van der Waals surface area contributed by atoms with Gasteiger partial charge in [-0.3, -0.25) is 4.79 Å². The molecule has 0 aromatic carbocycles. The fourth-order valence-corrected chi connectivity index (χ4v) is 3.01. The minimum Gasteiger partial charge on any atom is -0.351 e. The Labute approximate surface area is 130 Å². The lowest BCUT2D eigenvalue weighted by molar-refractivity contribution is 0.0943. The van der Waals surface area contributed by atoms with E-state index in [4.69, 9.17) is 10.7 Å². The van der Waals surface area contributed by atoms with Crippen LogP contribution in [0.25, 0.3) is 0 Å². The van der Waals surface area contributed by atoms with Crippen LogP contribution in [0.15, 0.2) is 17.2 Å². The van der Waals surface area contributed by atoms with Crippen molar-refractivity contribution in [1.29, 1.82) is 0 Å². The van der Waals surface area contributed by atoms with Crippen LogP contribution in [0.4, 0.5) is 0 Å². The molecule has 1 saturated carbocycles. The Bertz CT molecular complexity index is 606. The van der Waals surface area contributed by atoms with E-state index in [1.807, 2.05) is 0 Å². The maximum absolute atomic E-state index is 12.2. The molecule has 1 aromatic heterocycles. The fraction of sp³-hybridized carbons (Fsp3) is 0.643. The molecule has 0 saturated heterocycles. The number of rotatable bonds is 8. The van der Waals surface area contributed by atoms with Gasteiger partial charge in [-0.2, -0.15) is 0 Å². The van der Waals surface area contributed by atoms with E-state index in [1.54, 1.807) is 4.57 Å². The standard InChI is InChI=1S/C14H21ClN2O3S/c1-2-3-4-5-8-16-14(18)13-9-12(21(15,19)20)10-17(13)11-6-7-11/h9-11H,2-8H2,1H3,(H,16,18). The van der Waals surface area contributed by atoms with Crippen LogP contribution in [0, 0.1) is 0 Å². The van der Waals surface area contributed by atoms with Crippen molar-refractivity contribution < 1.29 is 13.2 Å². The highest BCUT2D eigenvalue weighted by atomic mass is 35.7. The average molecular weight is 333 g/mol. The first-order valence-electron chi connectivity index (χ1n) is 7.38. The largest absolute Gasteiger partial charge is 0.351 e. The fourth-order valence-electron chi connectivity index (χ4n) is 2.27. The molecule has 1 aliphatic rings. The summed E-state index contributed by atoms with van der Waals surface area (Å²) in [6, 6.07) is 1.58. The zero-order chi connectivity index (χ0) is 15.5. The van der Waals surface area contributed by atoms with Gasteiger partial charge in [0.15, 0.2) is 0 Å². The average Bonchev–Trinajstić information content (AvgIpc) is 3.15. The van der Waals surface area contributed by atoms with E-state index in [9.17, 15) is 13.2 Å². The number of hydrogen-bond acceptors (Lipinski definition) is 3. The first kappa shape index (κ1) is 16.4. The third-order valence-corrected chi connectivity index (χ3v) is 4.91. The number of halogens is 1. The molecule has 1 aromatic rings. The lowest BCUT2D eigenvalue weighted by Gasteiger charge is -2.08. The zero-order valence-corrected chi connectivity index (χ0v) is 13.7. The van der Waals surface area contributed by atoms with Crippen molar-refractivity contribution in [1.82, 2.24) is 9.88 Å². The Morgan fingerprint density at radius 1 is 1.38 bits per heavy atom. The summed E-state index contributed by atoms with van der Waals surface area (Å²) >= 11 is 0. The summed E-state index contributed by atoms with van der Waals surface area (Å²) in [6.07, 6.45) is 7.72. The lowest BCUT2D eigenvalue weighted by Crippen LogP contribution is -2.26. The predicted molar refractivity (Wildman–Crippen MR) is 82.2 cm³/mol. The molecule has 0 atom stereocenters. The Kier molecular flexibility index (Phi) is 5.32. The number of nitrogens with one attached hydrogen (secondary N) is 1. The van der Waals surface area contributed by atoms with Gasteiger partial charge in [-0.1, -0.05) is 26.2 Å². The molecule has 0 bridgehead atoms. The topological polar surface area (TPSA) is 68.2 Å². The number of hydrogen-bond donors (Lipinski definition) is 1. The van der Waals surface area contributed by atoms with Crippen molar-refractivity contribution in [2.45, 2.75) is 56.4 Å². The van der Waals surface area contributed by atoms with Crippen molar-refractivity contribution in [3.63, 3.8) is 0 Å². The number of nitrogens with zero attached hydrogens (tertiary/aromatic N) is 1. The van der Waals surface area contributed by atoms with E-state index >= 15 is 0 Å². The van der Waals surface area contributed by atoms with Crippen LogP contribution in [-0.4, -0.2) is 25.4 Å². The molecule has 0 spiro atoms. The van der Waals surface area contributed by atoms with E-state index in [0.717, 1.165) is 38.5 Å². The van der Waals surface area contributed by atoms with Crippen molar-refractivity contribution in [2.75, 3.05) is 6.54 Å². The van der Waals surface area contributed by atoms with Crippen LogP contribution >= 0.6 is 10.7 Å². The summed E-state index contributed by atoms with van der Waals surface area (Å²) in [7, 11) is 1.56. The van der Waals surface area contributed by atoms with Crippen molar-refractivity contribution >= 4 is 25.6 Å². The second-order valence-corrected chi connectivity index (χ2v) is 8.02. The van der Waals surface area contributed by atoms with Crippen LogP contribution in [0.2, 0.25) is 0 Å². The summed E-state index contributed by atoms with van der Waals surface area (Å²) in [5, 5.41) is 2.85. The number of carbonyl (C=O) groups is 1. The van der Waals surface area contributed by atoms with E-state index in [1.165, 1.54) is 12.3 Å². The van der Waals surface area contributed by atoms with Gasteiger partial charge in [0.1, 0.15) is 10.6 Å². The Morgan fingerprint density at radius 3 is 2.67 bits per heavy atom. The van der Waals surface area contributed by atoms with Crippen LogP contribution in [-0.2, 0) is 9.05 Å². The first-order chi connectivity index (χ1) is 9.93. The van der Waals surface area contributed by atoms with E-state index < -0.39 is 9.05 Å². The van der Waals surface area contributed by atoms with Crippen LogP contribution in [0.1, 0.15) is 62.0 Å². The molecule has 1 aliphatic carbocycles. The van der Waals surface area contributed by atoms with Crippen molar-refractivity contribution in [3.05, 3.63) is 18.0 Å². The summed E-state index contributed by atoms with van der Waals surface area (Å²) in [5.74, 6) is -0.232. The summed E-state index contributed by atoms with van der Waals surface area (Å²) in [4.78, 5) is 12.2. The van der Waals surface area contributed by atoms with Gasteiger partial charge in [-0.25, -0.2) is 8.42 Å². The van der Waals surface area contributed by atoms with Crippen molar-refractivity contribution in [2.24, 2.45) is 0 Å². The number of unbranched alkanes of at least 4 members (excludes halogenated alkanes) is 3. The van der Waals surface area contributed by atoms with Gasteiger partial charge >= 0.3 is 0 Å². The third-order valence-electron chi connectivity index (χ3n) is 3.59. The van der Waals surface area contributed by atoms with Crippen LogP contribution < -0.4 is 5.32 Å². The molecule has 0 aliphatic heterocycles. The molecule has 1 amide bonds. The van der Waals surface area contributed by atoms with Gasteiger partial charge in [0.05, 0.1) is 0 Å². The second-order valence-electron chi connectivity index (χ2n) is 5.45. The molecule has 1 fully saturated rings. The molecule has 0 radical (unpaired) electrons. The minimum absolute atomic E-state index is 0.00722. The molecule has 21 heavy (non-hydrogen) atoms. The van der Waals surface area contributed by atoms with Crippen LogP contribution in [0.5, 0.6) is 0 Å². The number of aromatic nitrogens is 1. The van der Waals surface area contributed by atoms with E-state index in [2.05, 4.69) is 12.2 Å². The molecule has 0 unspecified atom stereocenters.